The largest absolute Gasteiger partial charge is 0.409 e. The maximum Gasteiger partial charge on any atom is 0.170 e. The molecule has 1 aromatic rings. The number of anilines is 1. The van der Waals surface area contributed by atoms with Crippen LogP contribution >= 0.6 is 0 Å². The number of oxime groups is 1. The molecule has 0 saturated heterocycles. The molecule has 0 atom stereocenters. The zero-order valence-corrected chi connectivity index (χ0v) is 10.3. The van der Waals surface area contributed by atoms with E-state index in [1.54, 1.807) is 7.11 Å². The maximum absolute atomic E-state index is 8.62. The first kappa shape index (κ1) is 13.3. The highest BCUT2D eigenvalue weighted by Crippen LogP contribution is 2.14. The number of rotatable bonds is 6. The van der Waals surface area contributed by atoms with Crippen LogP contribution in [0, 0.1) is 0 Å². The van der Waals surface area contributed by atoms with Gasteiger partial charge in [0, 0.05) is 38.6 Å². The van der Waals surface area contributed by atoms with Crippen molar-refractivity contribution in [1.82, 2.24) is 0 Å². The first-order valence-corrected chi connectivity index (χ1v) is 5.47. The molecule has 0 saturated carbocycles. The van der Waals surface area contributed by atoms with Gasteiger partial charge in [-0.1, -0.05) is 17.3 Å². The lowest BCUT2D eigenvalue weighted by Crippen LogP contribution is -2.20. The Morgan fingerprint density at radius 2 is 2.29 bits per heavy atom. The molecule has 0 aliphatic heterocycles. The van der Waals surface area contributed by atoms with Crippen molar-refractivity contribution in [2.75, 3.05) is 32.2 Å². The lowest BCUT2D eigenvalue weighted by atomic mass is 10.1. The van der Waals surface area contributed by atoms with Crippen molar-refractivity contribution in [2.45, 2.75) is 6.42 Å². The van der Waals surface area contributed by atoms with Crippen LogP contribution in [-0.4, -0.2) is 38.4 Å². The molecule has 0 heterocycles. The fourth-order valence-electron chi connectivity index (χ4n) is 1.54. The zero-order valence-electron chi connectivity index (χ0n) is 10.3. The molecule has 0 spiro atoms. The van der Waals surface area contributed by atoms with Crippen molar-refractivity contribution in [1.29, 1.82) is 0 Å². The van der Waals surface area contributed by atoms with Gasteiger partial charge < -0.3 is 20.6 Å². The fraction of sp³-hybridized carbons (Fsp3) is 0.417. The minimum atomic E-state index is 0.122. The second kappa shape index (κ2) is 6.75. The van der Waals surface area contributed by atoms with Gasteiger partial charge in [-0.15, -0.1) is 0 Å². The third-order valence-corrected chi connectivity index (χ3v) is 2.53. The van der Waals surface area contributed by atoms with Gasteiger partial charge >= 0.3 is 0 Å². The van der Waals surface area contributed by atoms with Gasteiger partial charge in [-0.25, -0.2) is 0 Å². The molecular weight excluding hydrogens is 218 g/mol. The van der Waals surface area contributed by atoms with Crippen molar-refractivity contribution >= 4 is 11.5 Å². The summed E-state index contributed by atoms with van der Waals surface area (Å²) in [5, 5.41) is 11.6. The van der Waals surface area contributed by atoms with Gasteiger partial charge in [0.2, 0.25) is 0 Å². The summed E-state index contributed by atoms with van der Waals surface area (Å²) in [6.45, 7) is 1.64. The van der Waals surface area contributed by atoms with E-state index in [2.05, 4.69) is 10.1 Å². The van der Waals surface area contributed by atoms with E-state index in [1.165, 1.54) is 0 Å². The minimum Gasteiger partial charge on any atom is -0.409 e. The Bertz CT molecular complexity index is 380. The molecule has 0 aliphatic rings. The molecule has 5 heteroatoms. The van der Waals surface area contributed by atoms with E-state index < -0.39 is 0 Å². The number of amidine groups is 1. The Hall–Kier alpha value is -1.75. The molecule has 0 radical (unpaired) electrons. The van der Waals surface area contributed by atoms with Crippen LogP contribution in [0.2, 0.25) is 0 Å². The van der Waals surface area contributed by atoms with Crippen molar-refractivity contribution < 1.29 is 9.94 Å². The van der Waals surface area contributed by atoms with Crippen LogP contribution in [0.1, 0.15) is 12.0 Å². The predicted molar refractivity (Wildman–Crippen MR) is 68.7 cm³/mol. The molecule has 0 aliphatic carbocycles. The summed E-state index contributed by atoms with van der Waals surface area (Å²) in [5.74, 6) is 0.122. The SMILES string of the molecule is COCCCN(C)c1cccc(C(N)=NO)c1. The van der Waals surface area contributed by atoms with Crippen LogP contribution in [0.5, 0.6) is 0 Å². The first-order valence-electron chi connectivity index (χ1n) is 5.47. The van der Waals surface area contributed by atoms with Crippen LogP contribution in [0.25, 0.3) is 0 Å². The molecule has 1 rings (SSSR count). The molecule has 0 bridgehead atoms. The third kappa shape index (κ3) is 3.96. The van der Waals surface area contributed by atoms with E-state index in [4.69, 9.17) is 15.7 Å². The number of methoxy groups -OCH3 is 1. The van der Waals surface area contributed by atoms with Crippen molar-refractivity contribution in [3.63, 3.8) is 0 Å². The quantitative estimate of drug-likeness (QED) is 0.257. The summed E-state index contributed by atoms with van der Waals surface area (Å²) in [6.07, 6.45) is 0.959. The summed E-state index contributed by atoms with van der Waals surface area (Å²) in [7, 11) is 3.69. The molecule has 5 nitrogen and oxygen atoms in total. The number of ether oxygens (including phenoxy) is 1. The van der Waals surface area contributed by atoms with E-state index in [9.17, 15) is 0 Å². The van der Waals surface area contributed by atoms with Crippen molar-refractivity contribution in [3.8, 4) is 0 Å². The third-order valence-electron chi connectivity index (χ3n) is 2.53. The van der Waals surface area contributed by atoms with E-state index in [-0.39, 0.29) is 5.84 Å². The topological polar surface area (TPSA) is 71.1 Å². The van der Waals surface area contributed by atoms with Gasteiger partial charge in [0.1, 0.15) is 0 Å². The zero-order chi connectivity index (χ0) is 12.7. The Labute approximate surface area is 101 Å². The van der Waals surface area contributed by atoms with Gasteiger partial charge in [0.15, 0.2) is 5.84 Å². The number of hydrogen-bond donors (Lipinski definition) is 2. The van der Waals surface area contributed by atoms with Crippen LogP contribution < -0.4 is 10.6 Å². The van der Waals surface area contributed by atoms with E-state index in [1.807, 2.05) is 31.3 Å². The fourth-order valence-corrected chi connectivity index (χ4v) is 1.54. The molecule has 0 fully saturated rings. The highest BCUT2D eigenvalue weighted by atomic mass is 16.5. The summed E-state index contributed by atoms with van der Waals surface area (Å²) in [6, 6.07) is 7.57. The van der Waals surface area contributed by atoms with Crippen LogP contribution in [-0.2, 0) is 4.74 Å². The summed E-state index contributed by atoms with van der Waals surface area (Å²) >= 11 is 0. The number of nitrogens with zero attached hydrogens (tertiary/aromatic N) is 2. The summed E-state index contributed by atoms with van der Waals surface area (Å²) < 4.78 is 5.01. The molecule has 1 aromatic carbocycles. The van der Waals surface area contributed by atoms with E-state index in [0.717, 1.165) is 25.3 Å². The highest BCUT2D eigenvalue weighted by molar-refractivity contribution is 5.97. The van der Waals surface area contributed by atoms with Gasteiger partial charge in [0.05, 0.1) is 0 Å². The predicted octanol–water partition coefficient (Wildman–Crippen LogP) is 1.25. The second-order valence-electron chi connectivity index (χ2n) is 3.80. The van der Waals surface area contributed by atoms with Gasteiger partial charge in [-0.05, 0) is 18.6 Å². The van der Waals surface area contributed by atoms with E-state index >= 15 is 0 Å². The normalized spacial score (nSPS) is 11.5. The van der Waals surface area contributed by atoms with Crippen molar-refractivity contribution in [3.05, 3.63) is 29.8 Å². The number of nitrogens with two attached hydrogens (primary N) is 1. The number of hydrogen-bond acceptors (Lipinski definition) is 4. The average molecular weight is 237 g/mol. The molecule has 94 valence electrons. The molecule has 17 heavy (non-hydrogen) atoms. The lowest BCUT2D eigenvalue weighted by molar-refractivity contribution is 0.196. The van der Waals surface area contributed by atoms with Gasteiger partial charge in [-0.2, -0.15) is 0 Å². The number of benzene rings is 1. The van der Waals surface area contributed by atoms with Crippen LogP contribution in [0.15, 0.2) is 29.4 Å². The molecule has 0 aromatic heterocycles. The first-order chi connectivity index (χ1) is 8.19. The van der Waals surface area contributed by atoms with Crippen LogP contribution in [0.4, 0.5) is 5.69 Å². The average Bonchev–Trinajstić information content (AvgIpc) is 2.38. The molecular formula is C12H19N3O2. The van der Waals surface area contributed by atoms with Gasteiger partial charge in [-0.3, -0.25) is 0 Å². The Kier molecular flexibility index (Phi) is 5.29. The second-order valence-corrected chi connectivity index (χ2v) is 3.80. The van der Waals surface area contributed by atoms with Gasteiger partial charge in [0.25, 0.3) is 0 Å². The Morgan fingerprint density at radius 1 is 1.53 bits per heavy atom. The molecule has 0 amide bonds. The standard InChI is InChI=1S/C12H19N3O2/c1-15(7-4-8-17-2)11-6-3-5-10(9-11)12(13)14-16/h3,5-6,9,16H,4,7-8H2,1-2H3,(H2,13,14). The monoisotopic (exact) mass is 237 g/mol. The lowest BCUT2D eigenvalue weighted by Gasteiger charge is -2.19. The Morgan fingerprint density at radius 3 is 2.94 bits per heavy atom. The van der Waals surface area contributed by atoms with E-state index in [0.29, 0.717) is 5.56 Å². The highest BCUT2D eigenvalue weighted by Gasteiger charge is 2.04. The molecule has 3 N–H and O–H groups in total. The Balaban J connectivity index is 2.70. The maximum atomic E-state index is 8.62. The summed E-state index contributed by atoms with van der Waals surface area (Å²) in [5.41, 5.74) is 7.29. The van der Waals surface area contributed by atoms with Crippen LogP contribution in [0.3, 0.4) is 0 Å². The molecule has 0 unspecified atom stereocenters. The smallest absolute Gasteiger partial charge is 0.170 e. The minimum absolute atomic E-state index is 0.122. The van der Waals surface area contributed by atoms with Crippen molar-refractivity contribution in [2.24, 2.45) is 10.9 Å². The summed E-state index contributed by atoms with van der Waals surface area (Å²) in [4.78, 5) is 2.10.